The summed E-state index contributed by atoms with van der Waals surface area (Å²) in [6.07, 6.45) is 0.821. The van der Waals surface area contributed by atoms with E-state index in [9.17, 15) is 9.59 Å². The number of amides is 1. The molecular formula is C21H32N2O4. The molecular weight excluding hydrogens is 344 g/mol. The summed E-state index contributed by atoms with van der Waals surface area (Å²) >= 11 is 0. The molecule has 1 N–H and O–H groups in total. The van der Waals surface area contributed by atoms with Crippen molar-refractivity contribution in [2.24, 2.45) is 0 Å². The normalized spacial score (nSPS) is 22.0. The number of benzene rings is 1. The summed E-state index contributed by atoms with van der Waals surface area (Å²) in [5.41, 5.74) is 0.609. The van der Waals surface area contributed by atoms with E-state index in [1.54, 1.807) is 0 Å². The van der Waals surface area contributed by atoms with Gasteiger partial charge in [-0.1, -0.05) is 30.3 Å². The largest absolute Gasteiger partial charge is 0.465 e. The Kier molecular flexibility index (Phi) is 7.25. The minimum Gasteiger partial charge on any atom is -0.465 e. The van der Waals surface area contributed by atoms with Crippen LogP contribution in [-0.2, 0) is 14.3 Å². The van der Waals surface area contributed by atoms with Gasteiger partial charge >= 0.3 is 12.1 Å². The van der Waals surface area contributed by atoms with Crippen molar-refractivity contribution in [1.82, 2.24) is 10.2 Å². The zero-order valence-corrected chi connectivity index (χ0v) is 17.0. The molecule has 6 nitrogen and oxygen atoms in total. The minimum absolute atomic E-state index is 0.0862. The topological polar surface area (TPSA) is 67.9 Å². The summed E-state index contributed by atoms with van der Waals surface area (Å²) in [4.78, 5) is 26.9. The zero-order chi connectivity index (χ0) is 20.0. The summed E-state index contributed by atoms with van der Waals surface area (Å²) in [5.74, 6) is -0.240. The van der Waals surface area contributed by atoms with Crippen molar-refractivity contribution in [2.75, 3.05) is 13.2 Å². The third kappa shape index (κ3) is 6.24. The molecule has 0 aliphatic carbocycles. The van der Waals surface area contributed by atoms with E-state index in [0.29, 0.717) is 19.6 Å². The molecule has 0 radical (unpaired) electrons. The third-order valence-electron chi connectivity index (χ3n) is 4.70. The first-order chi connectivity index (χ1) is 12.7. The van der Waals surface area contributed by atoms with Crippen molar-refractivity contribution < 1.29 is 19.1 Å². The highest BCUT2D eigenvalue weighted by molar-refractivity contribution is 5.76. The van der Waals surface area contributed by atoms with Gasteiger partial charge in [0.25, 0.3) is 0 Å². The van der Waals surface area contributed by atoms with Crippen LogP contribution < -0.4 is 5.32 Å². The fourth-order valence-electron chi connectivity index (χ4n) is 3.45. The second-order valence-electron chi connectivity index (χ2n) is 7.96. The molecule has 150 valence electrons. The van der Waals surface area contributed by atoms with Crippen LogP contribution in [0.15, 0.2) is 30.3 Å². The number of rotatable bonds is 5. The van der Waals surface area contributed by atoms with Crippen LogP contribution in [0, 0.1) is 0 Å². The van der Waals surface area contributed by atoms with Crippen LogP contribution in [0.3, 0.4) is 0 Å². The van der Waals surface area contributed by atoms with Crippen LogP contribution >= 0.6 is 0 Å². The molecule has 3 atom stereocenters. The van der Waals surface area contributed by atoms with E-state index in [4.69, 9.17) is 9.47 Å². The monoisotopic (exact) mass is 376 g/mol. The summed E-state index contributed by atoms with van der Waals surface area (Å²) in [7, 11) is 0. The molecule has 1 aromatic carbocycles. The molecule has 0 unspecified atom stereocenters. The number of hydrogen-bond acceptors (Lipinski definition) is 5. The molecule has 2 rings (SSSR count). The van der Waals surface area contributed by atoms with E-state index >= 15 is 0 Å². The highest BCUT2D eigenvalue weighted by atomic mass is 16.6. The van der Waals surface area contributed by atoms with Crippen LogP contribution in [-0.4, -0.2) is 47.8 Å². The van der Waals surface area contributed by atoms with Crippen molar-refractivity contribution in [1.29, 1.82) is 0 Å². The second-order valence-corrected chi connectivity index (χ2v) is 7.96. The maximum Gasteiger partial charge on any atom is 0.407 e. The van der Waals surface area contributed by atoms with Crippen molar-refractivity contribution in [3.05, 3.63) is 35.9 Å². The fraction of sp³-hybridized carbons (Fsp3) is 0.619. The van der Waals surface area contributed by atoms with Gasteiger partial charge in [0.1, 0.15) is 11.6 Å². The number of carbonyl (C=O) groups excluding carboxylic acids is 2. The Hall–Kier alpha value is -2.08. The average molecular weight is 376 g/mol. The molecule has 1 aromatic rings. The first kappa shape index (κ1) is 21.2. The molecule has 0 aromatic heterocycles. The number of piperidine rings is 1. The summed E-state index contributed by atoms with van der Waals surface area (Å²) in [6, 6.07) is 9.70. The first-order valence-corrected chi connectivity index (χ1v) is 9.68. The summed E-state index contributed by atoms with van der Waals surface area (Å²) < 4.78 is 10.7. The molecule has 0 bridgehead atoms. The third-order valence-corrected chi connectivity index (χ3v) is 4.70. The lowest BCUT2D eigenvalue weighted by Crippen LogP contribution is -2.54. The van der Waals surface area contributed by atoms with Crippen molar-refractivity contribution in [2.45, 2.75) is 71.2 Å². The van der Waals surface area contributed by atoms with Crippen LogP contribution in [0.1, 0.15) is 59.1 Å². The Morgan fingerprint density at radius 2 is 1.93 bits per heavy atom. The van der Waals surface area contributed by atoms with Gasteiger partial charge in [-0.15, -0.1) is 0 Å². The van der Waals surface area contributed by atoms with Crippen molar-refractivity contribution in [3.63, 3.8) is 0 Å². The van der Waals surface area contributed by atoms with Gasteiger partial charge in [-0.3, -0.25) is 9.69 Å². The number of nitrogens with zero attached hydrogens (tertiary/aromatic N) is 1. The van der Waals surface area contributed by atoms with Crippen LogP contribution in [0.25, 0.3) is 0 Å². The van der Waals surface area contributed by atoms with E-state index in [1.807, 2.05) is 45.9 Å². The Balaban J connectivity index is 2.09. The number of carbonyl (C=O) groups is 2. The number of ether oxygens (including phenoxy) is 2. The van der Waals surface area contributed by atoms with Gasteiger partial charge in [-0.05, 0) is 53.0 Å². The molecule has 0 saturated carbocycles. The molecule has 6 heteroatoms. The molecule has 27 heavy (non-hydrogen) atoms. The number of hydrogen-bond donors (Lipinski definition) is 1. The van der Waals surface area contributed by atoms with E-state index in [1.165, 1.54) is 0 Å². The van der Waals surface area contributed by atoms with Crippen LogP contribution in [0.5, 0.6) is 0 Å². The Morgan fingerprint density at radius 3 is 2.52 bits per heavy atom. The van der Waals surface area contributed by atoms with E-state index in [-0.39, 0.29) is 18.1 Å². The maximum absolute atomic E-state index is 12.6. The SMILES string of the molecule is CCOC(=O)[C@@H]1C[C@H](NC(=O)OC(C)(C)C)CCN1[C@@H](C)c1ccccc1. The number of likely N-dealkylation sites (tertiary alicyclic amines) is 1. The van der Waals surface area contributed by atoms with Crippen molar-refractivity contribution in [3.8, 4) is 0 Å². The number of nitrogens with one attached hydrogen (secondary N) is 1. The van der Waals surface area contributed by atoms with E-state index < -0.39 is 17.7 Å². The average Bonchev–Trinajstić information content (AvgIpc) is 2.60. The molecule has 1 aliphatic heterocycles. The van der Waals surface area contributed by atoms with E-state index in [0.717, 1.165) is 12.0 Å². The Morgan fingerprint density at radius 1 is 1.26 bits per heavy atom. The van der Waals surface area contributed by atoms with E-state index in [2.05, 4.69) is 29.3 Å². The Labute approximate surface area is 162 Å². The smallest absolute Gasteiger partial charge is 0.407 e. The van der Waals surface area contributed by atoms with Crippen LogP contribution in [0.4, 0.5) is 4.79 Å². The molecule has 1 heterocycles. The number of esters is 1. The quantitative estimate of drug-likeness (QED) is 0.794. The minimum atomic E-state index is -0.548. The lowest BCUT2D eigenvalue weighted by atomic mass is 9.93. The van der Waals surface area contributed by atoms with Gasteiger partial charge in [0.2, 0.25) is 0 Å². The molecule has 1 aliphatic rings. The lowest BCUT2D eigenvalue weighted by molar-refractivity contribution is -0.152. The van der Waals surface area contributed by atoms with Gasteiger partial charge in [-0.25, -0.2) is 4.79 Å². The zero-order valence-electron chi connectivity index (χ0n) is 17.0. The lowest BCUT2D eigenvalue weighted by Gasteiger charge is -2.41. The van der Waals surface area contributed by atoms with Crippen molar-refractivity contribution >= 4 is 12.1 Å². The van der Waals surface area contributed by atoms with Gasteiger partial charge < -0.3 is 14.8 Å². The summed E-state index contributed by atoms with van der Waals surface area (Å²) in [6.45, 7) is 10.4. The predicted octanol–water partition coefficient (Wildman–Crippen LogP) is 3.67. The van der Waals surface area contributed by atoms with Gasteiger partial charge in [-0.2, -0.15) is 0 Å². The highest BCUT2D eigenvalue weighted by Gasteiger charge is 2.38. The van der Waals surface area contributed by atoms with Gasteiger partial charge in [0, 0.05) is 18.6 Å². The molecule has 1 amide bonds. The predicted molar refractivity (Wildman–Crippen MR) is 104 cm³/mol. The molecule has 0 spiro atoms. The number of alkyl carbamates (subject to hydrolysis) is 1. The standard InChI is InChI=1S/C21H32N2O4/c1-6-26-19(24)18-14-17(22-20(25)27-21(3,4)5)12-13-23(18)15(2)16-10-8-7-9-11-16/h7-11,15,17-18H,6,12-14H2,1-5H3,(H,22,25)/t15-,17+,18-/m0/s1. The summed E-state index contributed by atoms with van der Waals surface area (Å²) in [5, 5.41) is 2.91. The highest BCUT2D eigenvalue weighted by Crippen LogP contribution is 2.29. The first-order valence-electron chi connectivity index (χ1n) is 9.68. The van der Waals surface area contributed by atoms with Crippen LogP contribution in [0.2, 0.25) is 0 Å². The molecule has 1 fully saturated rings. The van der Waals surface area contributed by atoms with Gasteiger partial charge in [0.15, 0.2) is 0 Å². The molecule has 1 saturated heterocycles. The fourth-order valence-corrected chi connectivity index (χ4v) is 3.45. The van der Waals surface area contributed by atoms with Gasteiger partial charge in [0.05, 0.1) is 6.61 Å². The second kappa shape index (κ2) is 9.22. The maximum atomic E-state index is 12.6. The Bertz CT molecular complexity index is 627.